The molecule has 130 valence electrons. The Labute approximate surface area is 145 Å². The third-order valence-electron chi connectivity index (χ3n) is 4.88. The maximum absolute atomic E-state index is 13.2. The van der Waals surface area contributed by atoms with Gasteiger partial charge < -0.3 is 14.2 Å². The zero-order valence-corrected chi connectivity index (χ0v) is 14.6. The number of aromatic amines is 1. The molecular weight excluding hydrogens is 318 g/mol. The molecule has 1 N–H and O–H groups in total. The van der Waals surface area contributed by atoms with Crippen molar-refractivity contribution >= 4 is 16.9 Å². The standard InChI is InChI=1S/C18H21N5O2/c1-11-17(12(2)21-20-11)16-9-25-7-6-23(16)18(24)13-4-5-15-14(8-13)19-10-22(15)3/h4-5,8,10,16H,6-7,9H2,1-3H3,(H,20,21). The minimum Gasteiger partial charge on any atom is -0.377 e. The van der Waals surface area contributed by atoms with Gasteiger partial charge in [0.25, 0.3) is 5.91 Å². The van der Waals surface area contributed by atoms with E-state index in [0.717, 1.165) is 28.0 Å². The van der Waals surface area contributed by atoms with Crippen LogP contribution >= 0.6 is 0 Å². The lowest BCUT2D eigenvalue weighted by atomic mass is 10.0. The maximum atomic E-state index is 13.2. The molecule has 3 heterocycles. The van der Waals surface area contributed by atoms with Crippen molar-refractivity contribution in [2.24, 2.45) is 7.05 Å². The van der Waals surface area contributed by atoms with Gasteiger partial charge in [0.05, 0.1) is 42.3 Å². The van der Waals surface area contributed by atoms with Crippen molar-refractivity contribution < 1.29 is 9.53 Å². The Morgan fingerprint density at radius 2 is 2.20 bits per heavy atom. The molecule has 0 saturated carbocycles. The van der Waals surface area contributed by atoms with Crippen LogP contribution in [-0.2, 0) is 11.8 Å². The van der Waals surface area contributed by atoms with E-state index in [0.29, 0.717) is 25.3 Å². The smallest absolute Gasteiger partial charge is 0.254 e. The third-order valence-corrected chi connectivity index (χ3v) is 4.88. The van der Waals surface area contributed by atoms with Crippen LogP contribution in [0.3, 0.4) is 0 Å². The molecule has 1 unspecified atom stereocenters. The van der Waals surface area contributed by atoms with Gasteiger partial charge in [0, 0.05) is 30.4 Å². The van der Waals surface area contributed by atoms with Gasteiger partial charge in [-0.3, -0.25) is 9.89 Å². The van der Waals surface area contributed by atoms with Crippen molar-refractivity contribution in [1.29, 1.82) is 0 Å². The molecule has 1 fully saturated rings. The number of H-pyrrole nitrogens is 1. The molecule has 3 aromatic rings. The molecule has 0 spiro atoms. The number of morpholine rings is 1. The number of aromatic nitrogens is 4. The lowest BCUT2D eigenvalue weighted by Gasteiger charge is -2.36. The molecular formula is C18H21N5O2. The summed E-state index contributed by atoms with van der Waals surface area (Å²) in [7, 11) is 1.94. The summed E-state index contributed by atoms with van der Waals surface area (Å²) in [4.78, 5) is 19.4. The number of benzene rings is 1. The number of nitrogens with one attached hydrogen (secondary N) is 1. The van der Waals surface area contributed by atoms with Gasteiger partial charge in [0.2, 0.25) is 0 Å². The van der Waals surface area contributed by atoms with Crippen LogP contribution < -0.4 is 0 Å². The van der Waals surface area contributed by atoms with E-state index in [4.69, 9.17) is 4.74 Å². The van der Waals surface area contributed by atoms with Crippen molar-refractivity contribution in [3.8, 4) is 0 Å². The number of rotatable bonds is 2. The summed E-state index contributed by atoms with van der Waals surface area (Å²) >= 11 is 0. The largest absolute Gasteiger partial charge is 0.377 e. The van der Waals surface area contributed by atoms with Gasteiger partial charge >= 0.3 is 0 Å². The van der Waals surface area contributed by atoms with E-state index < -0.39 is 0 Å². The van der Waals surface area contributed by atoms with Gasteiger partial charge in [-0.1, -0.05) is 0 Å². The average molecular weight is 339 g/mol. The van der Waals surface area contributed by atoms with Gasteiger partial charge in [0.15, 0.2) is 0 Å². The highest BCUT2D eigenvalue weighted by molar-refractivity contribution is 5.97. The predicted molar refractivity (Wildman–Crippen MR) is 93.4 cm³/mol. The Morgan fingerprint density at radius 1 is 1.36 bits per heavy atom. The van der Waals surface area contributed by atoms with E-state index in [-0.39, 0.29) is 11.9 Å². The number of aryl methyl sites for hydroxylation is 3. The molecule has 1 saturated heterocycles. The molecule has 2 aromatic heterocycles. The fraction of sp³-hybridized carbons (Fsp3) is 0.389. The number of hydrogen-bond donors (Lipinski definition) is 1. The molecule has 7 heteroatoms. The van der Waals surface area contributed by atoms with Crippen LogP contribution in [0.5, 0.6) is 0 Å². The van der Waals surface area contributed by atoms with Crippen molar-refractivity contribution in [2.45, 2.75) is 19.9 Å². The van der Waals surface area contributed by atoms with Crippen LogP contribution in [0.25, 0.3) is 11.0 Å². The van der Waals surface area contributed by atoms with Crippen molar-refractivity contribution in [2.75, 3.05) is 19.8 Å². The summed E-state index contributed by atoms with van der Waals surface area (Å²) < 4.78 is 7.60. The number of amides is 1. The summed E-state index contributed by atoms with van der Waals surface area (Å²) in [6, 6.07) is 5.55. The molecule has 1 atom stereocenters. The number of carbonyl (C=O) groups is 1. The maximum Gasteiger partial charge on any atom is 0.254 e. The molecule has 0 radical (unpaired) electrons. The molecule has 7 nitrogen and oxygen atoms in total. The Bertz CT molecular complexity index is 923. The fourth-order valence-electron chi connectivity index (χ4n) is 3.57. The van der Waals surface area contributed by atoms with Crippen molar-refractivity contribution in [3.63, 3.8) is 0 Å². The van der Waals surface area contributed by atoms with Crippen LogP contribution in [0, 0.1) is 13.8 Å². The molecule has 1 aliphatic heterocycles. The number of fused-ring (bicyclic) bond motifs is 1. The number of hydrogen-bond acceptors (Lipinski definition) is 4. The second-order valence-electron chi connectivity index (χ2n) is 6.50. The first-order chi connectivity index (χ1) is 12.1. The topological polar surface area (TPSA) is 76.0 Å². The summed E-state index contributed by atoms with van der Waals surface area (Å²) in [5, 5.41) is 7.27. The highest BCUT2D eigenvalue weighted by Gasteiger charge is 2.32. The van der Waals surface area contributed by atoms with Crippen molar-refractivity contribution in [1.82, 2.24) is 24.6 Å². The Hall–Kier alpha value is -2.67. The Kier molecular flexibility index (Phi) is 3.80. The monoisotopic (exact) mass is 339 g/mol. The molecule has 0 aliphatic carbocycles. The highest BCUT2D eigenvalue weighted by Crippen LogP contribution is 2.30. The molecule has 4 rings (SSSR count). The van der Waals surface area contributed by atoms with E-state index in [1.54, 1.807) is 6.33 Å². The zero-order valence-electron chi connectivity index (χ0n) is 14.6. The third kappa shape index (κ3) is 2.60. The van der Waals surface area contributed by atoms with Crippen LogP contribution in [-0.4, -0.2) is 50.3 Å². The second-order valence-corrected chi connectivity index (χ2v) is 6.50. The molecule has 25 heavy (non-hydrogen) atoms. The summed E-state index contributed by atoms with van der Waals surface area (Å²) in [5.41, 5.74) is 5.42. The highest BCUT2D eigenvalue weighted by atomic mass is 16.5. The number of carbonyl (C=O) groups excluding carboxylic acids is 1. The Morgan fingerprint density at radius 3 is 2.96 bits per heavy atom. The van der Waals surface area contributed by atoms with E-state index >= 15 is 0 Å². The summed E-state index contributed by atoms with van der Waals surface area (Å²) in [5.74, 6) is 0.000790. The predicted octanol–water partition coefficient (Wildman–Crippen LogP) is 2.13. The van der Waals surface area contributed by atoms with E-state index in [1.165, 1.54) is 0 Å². The molecule has 1 aliphatic rings. The Balaban J connectivity index is 1.70. The summed E-state index contributed by atoms with van der Waals surface area (Å²) in [6.45, 7) is 5.53. The van der Waals surface area contributed by atoms with E-state index in [2.05, 4.69) is 15.2 Å². The minimum atomic E-state index is -0.126. The summed E-state index contributed by atoms with van der Waals surface area (Å²) in [6.07, 6.45) is 1.76. The van der Waals surface area contributed by atoms with Crippen LogP contribution in [0.2, 0.25) is 0 Å². The number of nitrogens with zero attached hydrogens (tertiary/aromatic N) is 4. The fourth-order valence-corrected chi connectivity index (χ4v) is 3.57. The molecule has 1 amide bonds. The van der Waals surface area contributed by atoms with E-state index in [1.807, 2.05) is 48.6 Å². The van der Waals surface area contributed by atoms with Gasteiger partial charge in [-0.2, -0.15) is 5.10 Å². The van der Waals surface area contributed by atoms with Gasteiger partial charge in [-0.15, -0.1) is 0 Å². The van der Waals surface area contributed by atoms with Crippen LogP contribution in [0.1, 0.15) is 33.4 Å². The first-order valence-electron chi connectivity index (χ1n) is 8.37. The molecule has 0 bridgehead atoms. The van der Waals surface area contributed by atoms with Gasteiger partial charge in [-0.05, 0) is 32.0 Å². The van der Waals surface area contributed by atoms with E-state index in [9.17, 15) is 4.79 Å². The van der Waals surface area contributed by atoms with Crippen LogP contribution in [0.4, 0.5) is 0 Å². The normalized spacial score (nSPS) is 18.0. The van der Waals surface area contributed by atoms with Gasteiger partial charge in [0.1, 0.15) is 0 Å². The quantitative estimate of drug-likeness (QED) is 0.776. The minimum absolute atomic E-state index is 0.000790. The van der Waals surface area contributed by atoms with Crippen LogP contribution in [0.15, 0.2) is 24.5 Å². The average Bonchev–Trinajstić information content (AvgIpc) is 3.16. The lowest BCUT2D eigenvalue weighted by Crippen LogP contribution is -2.43. The van der Waals surface area contributed by atoms with Gasteiger partial charge in [-0.25, -0.2) is 4.98 Å². The van der Waals surface area contributed by atoms with Crippen molar-refractivity contribution in [3.05, 3.63) is 47.0 Å². The lowest BCUT2D eigenvalue weighted by molar-refractivity contribution is -0.00300. The first kappa shape index (κ1) is 15.8. The second kappa shape index (κ2) is 6.00. The molecule has 1 aromatic carbocycles. The zero-order chi connectivity index (χ0) is 17.6. The number of imidazole rings is 1. The number of ether oxygens (including phenoxy) is 1. The first-order valence-corrected chi connectivity index (χ1v) is 8.37. The SMILES string of the molecule is Cc1n[nH]c(C)c1C1COCCN1C(=O)c1ccc2c(c1)ncn2C.